The summed E-state index contributed by atoms with van der Waals surface area (Å²) in [5.41, 5.74) is 4.58. The van der Waals surface area contributed by atoms with Gasteiger partial charge in [-0.3, -0.25) is 4.90 Å². The van der Waals surface area contributed by atoms with E-state index in [0.29, 0.717) is 52.8 Å². The first-order valence-electron chi connectivity index (χ1n) is 12.0. The van der Waals surface area contributed by atoms with Crippen LogP contribution in [0.1, 0.15) is 39.2 Å². The minimum atomic E-state index is -0.627. The van der Waals surface area contributed by atoms with Gasteiger partial charge in [-0.15, -0.1) is 0 Å². The van der Waals surface area contributed by atoms with Gasteiger partial charge in [0, 0.05) is 23.2 Å². The number of rotatable bonds is 5. The molecule has 3 aliphatic rings. The number of methoxy groups -OCH3 is 3. The lowest BCUT2D eigenvalue weighted by atomic mass is 9.81. The molecule has 2 atom stereocenters. The Kier molecular flexibility index (Phi) is 5.52. The highest BCUT2D eigenvalue weighted by Crippen LogP contribution is 2.59. The third kappa shape index (κ3) is 3.37. The number of phenols is 1. The summed E-state index contributed by atoms with van der Waals surface area (Å²) in [6.45, 7) is 0.752. The maximum Gasteiger partial charge on any atom is 0.343 e. The fraction of sp³-hybridized carbons (Fsp3) is 0.321. The highest BCUT2D eigenvalue weighted by molar-refractivity contribution is 5.98. The molecule has 3 heterocycles. The molecular formula is C28H27NO8. The first-order valence-corrected chi connectivity index (χ1v) is 12.0. The van der Waals surface area contributed by atoms with Crippen molar-refractivity contribution >= 4 is 5.97 Å². The van der Waals surface area contributed by atoms with Crippen molar-refractivity contribution in [1.82, 2.24) is 4.90 Å². The minimum absolute atomic E-state index is 0.0547. The van der Waals surface area contributed by atoms with Crippen LogP contribution in [0.25, 0.3) is 11.1 Å². The van der Waals surface area contributed by atoms with Gasteiger partial charge >= 0.3 is 5.97 Å². The molecule has 9 heteroatoms. The van der Waals surface area contributed by atoms with E-state index in [2.05, 4.69) is 4.90 Å². The maximum absolute atomic E-state index is 13.2. The number of cyclic esters (lactones) is 1. The monoisotopic (exact) mass is 505 g/mol. The molecule has 0 radical (unpaired) electrons. The van der Waals surface area contributed by atoms with Crippen LogP contribution in [0.5, 0.6) is 34.5 Å². The van der Waals surface area contributed by atoms with E-state index in [1.807, 2.05) is 19.2 Å². The van der Waals surface area contributed by atoms with Gasteiger partial charge in [-0.05, 0) is 42.8 Å². The fourth-order valence-electron chi connectivity index (χ4n) is 5.80. The molecule has 9 nitrogen and oxygen atoms in total. The second kappa shape index (κ2) is 8.77. The molecule has 0 aromatic heterocycles. The van der Waals surface area contributed by atoms with Crippen molar-refractivity contribution in [1.29, 1.82) is 0 Å². The average molecular weight is 506 g/mol. The number of benzene rings is 3. The Labute approximate surface area is 214 Å². The number of carbonyl (C=O) groups is 1. The van der Waals surface area contributed by atoms with Gasteiger partial charge in [-0.2, -0.15) is 0 Å². The Hall–Kier alpha value is -4.11. The van der Waals surface area contributed by atoms with Crippen LogP contribution in [0.3, 0.4) is 0 Å². The van der Waals surface area contributed by atoms with E-state index in [9.17, 15) is 9.90 Å². The lowest BCUT2D eigenvalue weighted by molar-refractivity contribution is 0.00877. The number of ether oxygens (including phenoxy) is 6. The number of carbonyl (C=O) groups excluding carboxylic acids is 1. The van der Waals surface area contributed by atoms with Crippen molar-refractivity contribution < 1.29 is 38.3 Å². The van der Waals surface area contributed by atoms with Gasteiger partial charge < -0.3 is 33.5 Å². The summed E-state index contributed by atoms with van der Waals surface area (Å²) in [6, 6.07) is 10.3. The molecule has 0 spiro atoms. The molecular weight excluding hydrogens is 478 g/mol. The van der Waals surface area contributed by atoms with Crippen LogP contribution in [0, 0.1) is 0 Å². The van der Waals surface area contributed by atoms with E-state index in [1.165, 1.54) is 14.2 Å². The predicted octanol–water partition coefficient (Wildman–Crippen LogP) is 4.25. The highest BCUT2D eigenvalue weighted by Gasteiger charge is 2.47. The van der Waals surface area contributed by atoms with Crippen molar-refractivity contribution in [3.05, 3.63) is 58.7 Å². The van der Waals surface area contributed by atoms with Gasteiger partial charge in [-0.1, -0.05) is 18.2 Å². The molecule has 192 valence electrons. The number of phenolic OH excluding ortho intramolecular Hbond substituents is 1. The number of esters is 1. The Morgan fingerprint density at radius 2 is 1.76 bits per heavy atom. The normalized spacial score (nSPS) is 19.7. The molecule has 0 unspecified atom stereocenters. The molecule has 3 aromatic rings. The second-order valence-electron chi connectivity index (χ2n) is 9.18. The van der Waals surface area contributed by atoms with E-state index in [4.69, 9.17) is 28.4 Å². The molecule has 0 amide bonds. The van der Waals surface area contributed by atoms with E-state index in [0.717, 1.165) is 22.3 Å². The van der Waals surface area contributed by atoms with Gasteiger partial charge in [0.1, 0.15) is 17.4 Å². The topological polar surface area (TPSA) is 95.9 Å². The van der Waals surface area contributed by atoms with Crippen LogP contribution in [-0.4, -0.2) is 57.7 Å². The van der Waals surface area contributed by atoms with Crippen LogP contribution in [0.4, 0.5) is 0 Å². The maximum atomic E-state index is 13.2. The molecule has 3 aliphatic heterocycles. The van der Waals surface area contributed by atoms with Crippen LogP contribution < -0.4 is 23.7 Å². The lowest BCUT2D eigenvalue weighted by Crippen LogP contribution is -2.36. The zero-order valence-corrected chi connectivity index (χ0v) is 21.0. The summed E-state index contributed by atoms with van der Waals surface area (Å²) in [5.74, 6) is 2.13. The second-order valence-corrected chi connectivity index (χ2v) is 9.18. The third-order valence-electron chi connectivity index (χ3n) is 7.35. The number of nitrogens with zero attached hydrogens (tertiary/aromatic N) is 1. The Morgan fingerprint density at radius 3 is 2.49 bits per heavy atom. The third-order valence-corrected chi connectivity index (χ3v) is 7.35. The lowest BCUT2D eigenvalue weighted by Gasteiger charge is -2.39. The van der Waals surface area contributed by atoms with Crippen molar-refractivity contribution in [2.45, 2.75) is 18.6 Å². The Morgan fingerprint density at radius 1 is 0.973 bits per heavy atom. The highest BCUT2D eigenvalue weighted by atomic mass is 16.7. The van der Waals surface area contributed by atoms with E-state index in [-0.39, 0.29) is 18.6 Å². The van der Waals surface area contributed by atoms with Gasteiger partial charge in [0.05, 0.1) is 27.4 Å². The summed E-state index contributed by atoms with van der Waals surface area (Å²) in [7, 11) is 6.63. The minimum Gasteiger partial charge on any atom is -0.508 e. The van der Waals surface area contributed by atoms with E-state index < -0.39 is 12.1 Å². The van der Waals surface area contributed by atoms with Crippen LogP contribution in [0.2, 0.25) is 0 Å². The SMILES string of the molecule is COc1ccc2c(c1OC)C(=O)O[C@@H]2[C@H]1c2c(c(-c3cccc(O)c3)c3c(c2OC)OCO3)CCN1C. The standard InChI is InChI=1S/C28H27NO8/c1-29-11-10-16-19(14-6-5-7-15(30)12-14)26-27(36-13-35-26)25(34-4)20(16)22(29)23-17-8-9-18(32-2)24(33-3)21(17)28(31)37-23/h5-9,12,22-23,30H,10-11,13H2,1-4H3/t22-,23+/m1/s1. The number of likely N-dealkylation sites (N-methyl/N-ethyl adjacent to an activating group) is 1. The average Bonchev–Trinajstić information content (AvgIpc) is 3.51. The van der Waals surface area contributed by atoms with E-state index >= 15 is 0 Å². The predicted molar refractivity (Wildman–Crippen MR) is 133 cm³/mol. The van der Waals surface area contributed by atoms with Gasteiger partial charge in [0.25, 0.3) is 0 Å². The summed E-state index contributed by atoms with van der Waals surface area (Å²) in [4.78, 5) is 15.3. The van der Waals surface area contributed by atoms with Crippen molar-refractivity contribution in [3.63, 3.8) is 0 Å². The van der Waals surface area contributed by atoms with Gasteiger partial charge in [0.2, 0.25) is 12.5 Å². The molecule has 0 aliphatic carbocycles. The number of aromatic hydroxyl groups is 1. The van der Waals surface area contributed by atoms with Crippen LogP contribution >= 0.6 is 0 Å². The molecule has 0 saturated heterocycles. The Bertz CT molecular complexity index is 1420. The van der Waals surface area contributed by atoms with Crippen LogP contribution in [-0.2, 0) is 11.2 Å². The first-order chi connectivity index (χ1) is 18.0. The van der Waals surface area contributed by atoms with E-state index in [1.54, 1.807) is 31.4 Å². The smallest absolute Gasteiger partial charge is 0.343 e. The molecule has 1 N–H and O–H groups in total. The van der Waals surface area contributed by atoms with Crippen molar-refractivity contribution in [2.75, 3.05) is 41.7 Å². The number of fused-ring (bicyclic) bond motifs is 3. The fourth-order valence-corrected chi connectivity index (χ4v) is 5.80. The molecule has 0 fully saturated rings. The van der Waals surface area contributed by atoms with Crippen molar-refractivity contribution in [2.24, 2.45) is 0 Å². The molecule has 0 saturated carbocycles. The molecule has 0 bridgehead atoms. The summed E-state index contributed by atoms with van der Waals surface area (Å²) < 4.78 is 34.8. The summed E-state index contributed by atoms with van der Waals surface area (Å²) >= 11 is 0. The molecule has 6 rings (SSSR count). The zero-order valence-electron chi connectivity index (χ0n) is 21.0. The first kappa shape index (κ1) is 23.3. The van der Waals surface area contributed by atoms with Crippen LogP contribution in [0.15, 0.2) is 36.4 Å². The summed E-state index contributed by atoms with van der Waals surface area (Å²) in [5, 5.41) is 10.2. The molecule has 37 heavy (non-hydrogen) atoms. The largest absolute Gasteiger partial charge is 0.508 e. The van der Waals surface area contributed by atoms with Gasteiger partial charge in [0.15, 0.2) is 23.0 Å². The molecule has 3 aromatic carbocycles. The zero-order chi connectivity index (χ0) is 25.8. The Balaban J connectivity index is 1.60. The number of hydrogen-bond acceptors (Lipinski definition) is 9. The van der Waals surface area contributed by atoms with Gasteiger partial charge in [-0.25, -0.2) is 4.79 Å². The summed E-state index contributed by atoms with van der Waals surface area (Å²) in [6.07, 6.45) is 0.0671. The quantitative estimate of drug-likeness (QED) is 0.511. The number of hydrogen-bond donors (Lipinski definition) is 1. The van der Waals surface area contributed by atoms with Crippen molar-refractivity contribution in [3.8, 4) is 45.6 Å².